The molecular weight excluding hydrogens is 222 g/mol. The molecule has 1 atom stereocenters. The lowest BCUT2D eigenvalue weighted by Crippen LogP contribution is -2.22. The molecule has 0 aliphatic rings. The largest absolute Gasteiger partial charge is 0.474 e. The molecule has 90 valence electrons. The van der Waals surface area contributed by atoms with E-state index >= 15 is 0 Å². The lowest BCUT2D eigenvalue weighted by atomic mass is 10.1. The second kappa shape index (κ2) is 4.82. The zero-order valence-electron chi connectivity index (χ0n) is 10.4. The molecule has 0 fully saturated rings. The topological polar surface area (TPSA) is 53.1 Å². The maximum Gasteiger partial charge on any atom is 0.222 e. The molecule has 0 aromatic carbocycles. The fraction of sp³-hybridized carbons (Fsp3) is 0.636. The summed E-state index contributed by atoms with van der Waals surface area (Å²) in [6.07, 6.45) is 0.0999. The summed E-state index contributed by atoms with van der Waals surface area (Å²) in [6, 6.07) is 0. The average Bonchev–Trinajstić information content (AvgIpc) is 2.41. The van der Waals surface area contributed by atoms with E-state index in [9.17, 15) is 0 Å². The molecule has 0 saturated heterocycles. The van der Waals surface area contributed by atoms with Gasteiger partial charge in [0.2, 0.25) is 5.88 Å². The van der Waals surface area contributed by atoms with E-state index in [1.807, 2.05) is 20.9 Å². The Morgan fingerprint density at radius 2 is 2.00 bits per heavy atom. The molecule has 0 radical (unpaired) electrons. The lowest BCUT2D eigenvalue weighted by molar-refractivity contribution is 0.156. The van der Waals surface area contributed by atoms with Crippen LogP contribution in [0.1, 0.15) is 32.0 Å². The van der Waals surface area contributed by atoms with Crippen LogP contribution in [0, 0.1) is 12.8 Å². The molecule has 0 amide bonds. The Balaban J connectivity index is 3.07. The first-order chi connectivity index (χ1) is 7.34. The fourth-order valence-electron chi connectivity index (χ4n) is 1.37. The van der Waals surface area contributed by atoms with Crippen LogP contribution in [0.15, 0.2) is 0 Å². The van der Waals surface area contributed by atoms with Crippen LogP contribution >= 0.6 is 12.2 Å². The Labute approximate surface area is 102 Å². The molecule has 0 saturated carbocycles. The van der Waals surface area contributed by atoms with Crippen LogP contribution in [0.25, 0.3) is 0 Å². The van der Waals surface area contributed by atoms with Crippen molar-refractivity contribution in [2.75, 3.05) is 0 Å². The SMILES string of the molecule is Cc1nn(C)c(OC(C)C(C)C)c1C(N)=S. The van der Waals surface area contributed by atoms with Gasteiger partial charge in [0.1, 0.15) is 4.99 Å². The van der Waals surface area contributed by atoms with Crippen molar-refractivity contribution < 1.29 is 4.74 Å². The van der Waals surface area contributed by atoms with Crippen molar-refractivity contribution in [1.82, 2.24) is 9.78 Å². The molecule has 0 aliphatic heterocycles. The van der Waals surface area contributed by atoms with E-state index in [1.165, 1.54) is 0 Å². The molecule has 1 aromatic rings. The predicted molar refractivity (Wildman–Crippen MR) is 68.8 cm³/mol. The Morgan fingerprint density at radius 3 is 2.44 bits per heavy atom. The number of hydrogen-bond donors (Lipinski definition) is 1. The van der Waals surface area contributed by atoms with Crippen LogP contribution in [0.5, 0.6) is 5.88 Å². The molecular formula is C11H19N3OS. The quantitative estimate of drug-likeness (QED) is 0.817. The van der Waals surface area contributed by atoms with Gasteiger partial charge in [0.15, 0.2) is 0 Å². The Morgan fingerprint density at radius 1 is 1.44 bits per heavy atom. The highest BCUT2D eigenvalue weighted by atomic mass is 32.1. The maximum absolute atomic E-state index is 5.85. The van der Waals surface area contributed by atoms with Gasteiger partial charge in [0.25, 0.3) is 0 Å². The smallest absolute Gasteiger partial charge is 0.222 e. The fourth-order valence-corrected chi connectivity index (χ4v) is 1.60. The monoisotopic (exact) mass is 241 g/mol. The first kappa shape index (κ1) is 13.0. The van der Waals surface area contributed by atoms with Gasteiger partial charge < -0.3 is 10.5 Å². The van der Waals surface area contributed by atoms with Crippen molar-refractivity contribution in [1.29, 1.82) is 0 Å². The van der Waals surface area contributed by atoms with Gasteiger partial charge >= 0.3 is 0 Å². The number of nitrogens with zero attached hydrogens (tertiary/aromatic N) is 2. The summed E-state index contributed by atoms with van der Waals surface area (Å²) in [5.74, 6) is 1.08. The maximum atomic E-state index is 5.85. The summed E-state index contributed by atoms with van der Waals surface area (Å²) in [7, 11) is 1.83. The number of nitrogens with two attached hydrogens (primary N) is 1. The van der Waals surface area contributed by atoms with Crippen molar-refractivity contribution in [2.24, 2.45) is 18.7 Å². The molecule has 1 rings (SSSR count). The van der Waals surface area contributed by atoms with Crippen LogP contribution in [0.4, 0.5) is 0 Å². The Bertz CT molecular complexity index is 398. The second-order valence-electron chi connectivity index (χ2n) is 4.32. The highest BCUT2D eigenvalue weighted by molar-refractivity contribution is 7.80. The normalized spacial score (nSPS) is 12.9. The van der Waals surface area contributed by atoms with Gasteiger partial charge in [-0.2, -0.15) is 5.10 Å². The van der Waals surface area contributed by atoms with Crippen LogP contribution < -0.4 is 10.5 Å². The van der Waals surface area contributed by atoms with E-state index in [4.69, 9.17) is 22.7 Å². The van der Waals surface area contributed by atoms with Gasteiger partial charge in [-0.15, -0.1) is 0 Å². The Hall–Kier alpha value is -1.10. The lowest BCUT2D eigenvalue weighted by Gasteiger charge is -2.18. The molecule has 5 heteroatoms. The van der Waals surface area contributed by atoms with E-state index in [0.717, 1.165) is 11.3 Å². The number of rotatable bonds is 4. The van der Waals surface area contributed by atoms with Crippen molar-refractivity contribution in [2.45, 2.75) is 33.8 Å². The van der Waals surface area contributed by atoms with Crippen molar-refractivity contribution in [3.05, 3.63) is 11.3 Å². The van der Waals surface area contributed by atoms with E-state index in [-0.39, 0.29) is 6.10 Å². The van der Waals surface area contributed by atoms with Crippen LogP contribution in [-0.4, -0.2) is 20.9 Å². The molecule has 1 unspecified atom stereocenters. The molecule has 0 spiro atoms. The minimum absolute atomic E-state index is 0.0999. The van der Waals surface area contributed by atoms with Crippen LogP contribution in [0.3, 0.4) is 0 Å². The summed E-state index contributed by atoms with van der Waals surface area (Å²) < 4.78 is 7.54. The van der Waals surface area contributed by atoms with Crippen LogP contribution in [-0.2, 0) is 7.05 Å². The molecule has 2 N–H and O–H groups in total. The molecule has 1 aromatic heterocycles. The third kappa shape index (κ3) is 2.52. The number of ether oxygens (including phenoxy) is 1. The number of thiocarbonyl (C=S) groups is 1. The first-order valence-electron chi connectivity index (χ1n) is 5.34. The van der Waals surface area contributed by atoms with Crippen molar-refractivity contribution in [3.8, 4) is 5.88 Å². The van der Waals surface area contributed by atoms with Gasteiger partial charge in [0, 0.05) is 7.05 Å². The highest BCUT2D eigenvalue weighted by Crippen LogP contribution is 2.23. The molecule has 1 heterocycles. The first-order valence-corrected chi connectivity index (χ1v) is 5.75. The summed E-state index contributed by atoms with van der Waals surface area (Å²) >= 11 is 5.01. The summed E-state index contributed by atoms with van der Waals surface area (Å²) in [5, 5.41) is 4.27. The predicted octanol–water partition coefficient (Wildman–Crippen LogP) is 1.79. The summed E-state index contributed by atoms with van der Waals surface area (Å²) in [4.78, 5) is 0.330. The second-order valence-corrected chi connectivity index (χ2v) is 4.76. The minimum atomic E-state index is 0.0999. The van der Waals surface area contributed by atoms with Gasteiger partial charge in [-0.25, -0.2) is 4.68 Å². The molecule has 0 aliphatic carbocycles. The van der Waals surface area contributed by atoms with E-state index in [0.29, 0.717) is 16.8 Å². The number of aromatic nitrogens is 2. The van der Waals surface area contributed by atoms with E-state index in [2.05, 4.69) is 18.9 Å². The van der Waals surface area contributed by atoms with Crippen molar-refractivity contribution >= 4 is 17.2 Å². The van der Waals surface area contributed by atoms with E-state index in [1.54, 1.807) is 4.68 Å². The van der Waals surface area contributed by atoms with Gasteiger partial charge in [-0.3, -0.25) is 0 Å². The third-order valence-electron chi connectivity index (χ3n) is 2.65. The van der Waals surface area contributed by atoms with Crippen molar-refractivity contribution in [3.63, 3.8) is 0 Å². The van der Waals surface area contributed by atoms with Gasteiger partial charge in [-0.1, -0.05) is 26.1 Å². The zero-order chi connectivity index (χ0) is 12.5. The highest BCUT2D eigenvalue weighted by Gasteiger charge is 2.20. The average molecular weight is 241 g/mol. The summed E-state index contributed by atoms with van der Waals surface area (Å²) in [6.45, 7) is 8.11. The van der Waals surface area contributed by atoms with Crippen LogP contribution in [0.2, 0.25) is 0 Å². The van der Waals surface area contributed by atoms with Gasteiger partial charge in [0.05, 0.1) is 17.4 Å². The standard InChI is InChI=1S/C11H19N3OS/c1-6(2)8(4)15-11-9(10(12)16)7(3)13-14(11)5/h6,8H,1-5H3,(H2,12,16). The van der Waals surface area contributed by atoms with E-state index < -0.39 is 0 Å². The third-order valence-corrected chi connectivity index (χ3v) is 2.86. The van der Waals surface area contributed by atoms with Gasteiger partial charge in [-0.05, 0) is 19.8 Å². The minimum Gasteiger partial charge on any atom is -0.474 e. The summed E-state index contributed by atoms with van der Waals surface area (Å²) in [5.41, 5.74) is 7.23. The molecule has 0 bridgehead atoms. The number of aryl methyl sites for hydroxylation is 2. The Kier molecular flexibility index (Phi) is 3.91. The molecule has 16 heavy (non-hydrogen) atoms. The molecule has 4 nitrogen and oxygen atoms in total. The number of hydrogen-bond acceptors (Lipinski definition) is 3. The zero-order valence-corrected chi connectivity index (χ0v) is 11.3.